The summed E-state index contributed by atoms with van der Waals surface area (Å²) in [5.41, 5.74) is 1.88. The van der Waals surface area contributed by atoms with E-state index in [0.29, 0.717) is 17.7 Å². The number of thioether (sulfide) groups is 1. The third kappa shape index (κ3) is 3.48. The maximum Gasteiger partial charge on any atom is 0.271 e. The standard InChI is InChI=1S/C15H18N6OS/c1-11-10-12(2)21(19-11)14-17-18-15(20(14)16)23-9-8-22-13-6-4-3-5-7-13/h3-7,10H,8-9,16H2,1-2H3. The molecule has 0 saturated heterocycles. The molecule has 2 N–H and O–H groups in total. The number of para-hydroxylation sites is 1. The smallest absolute Gasteiger partial charge is 0.271 e. The number of benzene rings is 1. The maximum absolute atomic E-state index is 6.08. The first kappa shape index (κ1) is 15.4. The fourth-order valence-electron chi connectivity index (χ4n) is 2.15. The average Bonchev–Trinajstić information content (AvgIpc) is 3.07. The van der Waals surface area contributed by atoms with Crippen molar-refractivity contribution in [2.45, 2.75) is 19.0 Å². The van der Waals surface area contributed by atoms with Crippen molar-refractivity contribution >= 4 is 11.8 Å². The summed E-state index contributed by atoms with van der Waals surface area (Å²) in [7, 11) is 0. The molecule has 0 spiro atoms. The van der Waals surface area contributed by atoms with Gasteiger partial charge in [-0.3, -0.25) is 0 Å². The number of aryl methyl sites for hydroxylation is 2. The Morgan fingerprint density at radius 3 is 2.65 bits per heavy atom. The normalized spacial score (nSPS) is 10.9. The SMILES string of the molecule is Cc1cc(C)n(-c2nnc(SCCOc3ccccc3)n2N)n1. The third-order valence-corrected chi connectivity index (χ3v) is 4.08. The second-order valence-corrected chi connectivity index (χ2v) is 6.06. The van der Waals surface area contributed by atoms with Gasteiger partial charge < -0.3 is 10.6 Å². The molecule has 0 amide bonds. The first-order chi connectivity index (χ1) is 11.1. The Morgan fingerprint density at radius 1 is 1.17 bits per heavy atom. The van der Waals surface area contributed by atoms with Crippen LogP contribution >= 0.6 is 11.8 Å². The fourth-order valence-corrected chi connectivity index (χ4v) is 2.82. The zero-order chi connectivity index (χ0) is 16.2. The van der Waals surface area contributed by atoms with Crippen LogP contribution in [0.3, 0.4) is 0 Å². The van der Waals surface area contributed by atoms with Gasteiger partial charge >= 0.3 is 0 Å². The van der Waals surface area contributed by atoms with Gasteiger partial charge in [-0.2, -0.15) is 5.10 Å². The maximum atomic E-state index is 6.08. The molecular weight excluding hydrogens is 312 g/mol. The first-order valence-corrected chi connectivity index (χ1v) is 8.18. The molecule has 0 fully saturated rings. The topological polar surface area (TPSA) is 83.8 Å². The summed E-state index contributed by atoms with van der Waals surface area (Å²) in [6.45, 7) is 4.45. The van der Waals surface area contributed by atoms with Crippen LogP contribution in [0.4, 0.5) is 0 Å². The average molecular weight is 330 g/mol. The van der Waals surface area contributed by atoms with Crippen molar-refractivity contribution < 1.29 is 4.74 Å². The van der Waals surface area contributed by atoms with Gasteiger partial charge in [0.1, 0.15) is 5.75 Å². The summed E-state index contributed by atoms with van der Waals surface area (Å²) in [6.07, 6.45) is 0. The molecule has 120 valence electrons. The lowest BCUT2D eigenvalue weighted by Gasteiger charge is -2.06. The predicted octanol–water partition coefficient (Wildman–Crippen LogP) is 1.97. The van der Waals surface area contributed by atoms with Gasteiger partial charge in [0.2, 0.25) is 5.16 Å². The number of rotatable bonds is 6. The molecule has 0 saturated carbocycles. The Hall–Kier alpha value is -2.48. The van der Waals surface area contributed by atoms with E-state index in [0.717, 1.165) is 22.9 Å². The van der Waals surface area contributed by atoms with Gasteiger partial charge in [-0.25, -0.2) is 9.36 Å². The van der Waals surface area contributed by atoms with Gasteiger partial charge in [-0.05, 0) is 32.0 Å². The highest BCUT2D eigenvalue weighted by atomic mass is 32.2. The van der Waals surface area contributed by atoms with Crippen LogP contribution in [0.5, 0.6) is 5.75 Å². The zero-order valence-electron chi connectivity index (χ0n) is 13.0. The number of nitrogens with two attached hydrogens (primary N) is 1. The molecule has 7 nitrogen and oxygen atoms in total. The second-order valence-electron chi connectivity index (χ2n) is 5.00. The van der Waals surface area contributed by atoms with Gasteiger partial charge in [-0.15, -0.1) is 10.2 Å². The molecule has 2 aromatic heterocycles. The van der Waals surface area contributed by atoms with Crippen molar-refractivity contribution in [1.29, 1.82) is 0 Å². The third-order valence-electron chi connectivity index (χ3n) is 3.17. The van der Waals surface area contributed by atoms with E-state index < -0.39 is 0 Å². The lowest BCUT2D eigenvalue weighted by atomic mass is 10.3. The number of ether oxygens (including phenoxy) is 1. The van der Waals surface area contributed by atoms with Crippen molar-refractivity contribution in [2.24, 2.45) is 0 Å². The highest BCUT2D eigenvalue weighted by Crippen LogP contribution is 2.18. The van der Waals surface area contributed by atoms with E-state index in [2.05, 4.69) is 15.3 Å². The summed E-state index contributed by atoms with van der Waals surface area (Å²) < 4.78 is 8.78. The van der Waals surface area contributed by atoms with Crippen molar-refractivity contribution in [3.05, 3.63) is 47.8 Å². The zero-order valence-corrected chi connectivity index (χ0v) is 13.8. The molecular formula is C15H18N6OS. The molecule has 23 heavy (non-hydrogen) atoms. The highest BCUT2D eigenvalue weighted by Gasteiger charge is 2.14. The Balaban J connectivity index is 1.60. The van der Waals surface area contributed by atoms with Crippen LogP contribution in [0.1, 0.15) is 11.4 Å². The van der Waals surface area contributed by atoms with Crippen LogP contribution in [-0.4, -0.2) is 37.0 Å². The molecule has 3 rings (SSSR count). The van der Waals surface area contributed by atoms with Gasteiger partial charge in [0, 0.05) is 11.4 Å². The quantitative estimate of drug-likeness (QED) is 0.422. The number of hydrogen-bond donors (Lipinski definition) is 1. The molecule has 0 atom stereocenters. The lowest BCUT2D eigenvalue weighted by molar-refractivity contribution is 0.344. The van der Waals surface area contributed by atoms with Crippen LogP contribution in [0.2, 0.25) is 0 Å². The first-order valence-electron chi connectivity index (χ1n) is 7.20. The van der Waals surface area contributed by atoms with Crippen LogP contribution in [0.15, 0.2) is 41.6 Å². The van der Waals surface area contributed by atoms with E-state index in [1.807, 2.05) is 50.2 Å². The van der Waals surface area contributed by atoms with Crippen molar-refractivity contribution in [3.63, 3.8) is 0 Å². The summed E-state index contributed by atoms with van der Waals surface area (Å²) >= 11 is 1.49. The van der Waals surface area contributed by atoms with Crippen LogP contribution < -0.4 is 10.6 Å². The van der Waals surface area contributed by atoms with E-state index in [1.165, 1.54) is 16.4 Å². The van der Waals surface area contributed by atoms with Gasteiger partial charge in [0.25, 0.3) is 5.95 Å². The number of hydrogen-bond acceptors (Lipinski definition) is 6. The van der Waals surface area contributed by atoms with Crippen molar-refractivity contribution in [1.82, 2.24) is 24.7 Å². The molecule has 8 heteroatoms. The van der Waals surface area contributed by atoms with E-state index in [-0.39, 0.29) is 0 Å². The Morgan fingerprint density at radius 2 is 1.96 bits per heavy atom. The number of nitrogen functional groups attached to an aromatic ring is 1. The van der Waals surface area contributed by atoms with E-state index >= 15 is 0 Å². The molecule has 0 unspecified atom stereocenters. The Bertz CT molecular complexity index is 783. The lowest BCUT2D eigenvalue weighted by Crippen LogP contribution is -2.17. The molecule has 2 heterocycles. The second kappa shape index (κ2) is 6.74. The minimum Gasteiger partial charge on any atom is -0.493 e. The molecule has 0 aliphatic rings. The van der Waals surface area contributed by atoms with E-state index in [1.54, 1.807) is 4.68 Å². The van der Waals surface area contributed by atoms with Gasteiger partial charge in [0.05, 0.1) is 12.3 Å². The van der Waals surface area contributed by atoms with Gasteiger partial charge in [0.15, 0.2) is 0 Å². The molecule has 0 radical (unpaired) electrons. The number of nitrogens with zero attached hydrogens (tertiary/aromatic N) is 5. The predicted molar refractivity (Wildman–Crippen MR) is 89.4 cm³/mol. The summed E-state index contributed by atoms with van der Waals surface area (Å²) in [5, 5.41) is 13.2. The molecule has 3 aromatic rings. The summed E-state index contributed by atoms with van der Waals surface area (Å²) in [5.74, 6) is 8.15. The number of aromatic nitrogens is 5. The van der Waals surface area contributed by atoms with Crippen molar-refractivity contribution in [2.75, 3.05) is 18.2 Å². The highest BCUT2D eigenvalue weighted by molar-refractivity contribution is 7.99. The van der Waals surface area contributed by atoms with E-state index in [4.69, 9.17) is 10.6 Å². The minimum atomic E-state index is 0.502. The molecule has 0 bridgehead atoms. The van der Waals surface area contributed by atoms with Crippen LogP contribution in [-0.2, 0) is 0 Å². The molecule has 0 aliphatic heterocycles. The molecule has 1 aromatic carbocycles. The summed E-state index contributed by atoms with van der Waals surface area (Å²) in [4.78, 5) is 0. The monoisotopic (exact) mass is 330 g/mol. The van der Waals surface area contributed by atoms with Crippen LogP contribution in [0.25, 0.3) is 5.95 Å². The Labute approximate surface area is 138 Å². The summed E-state index contributed by atoms with van der Waals surface area (Å²) in [6, 6.07) is 11.7. The van der Waals surface area contributed by atoms with Gasteiger partial charge in [-0.1, -0.05) is 30.0 Å². The van der Waals surface area contributed by atoms with E-state index in [9.17, 15) is 0 Å². The Kier molecular flexibility index (Phi) is 4.52. The fraction of sp³-hybridized carbons (Fsp3) is 0.267. The largest absolute Gasteiger partial charge is 0.493 e. The molecule has 0 aliphatic carbocycles. The minimum absolute atomic E-state index is 0.502. The van der Waals surface area contributed by atoms with Crippen LogP contribution in [0, 0.1) is 13.8 Å². The van der Waals surface area contributed by atoms with Crippen molar-refractivity contribution in [3.8, 4) is 11.7 Å².